The Morgan fingerprint density at radius 3 is 2.52 bits per heavy atom. The van der Waals surface area contributed by atoms with E-state index in [-0.39, 0.29) is 5.25 Å². The second kappa shape index (κ2) is 8.55. The van der Waals surface area contributed by atoms with Crippen molar-refractivity contribution >= 4 is 65.4 Å². The number of nitrogens with zero attached hydrogens (tertiary/aromatic N) is 2. The van der Waals surface area contributed by atoms with Crippen LogP contribution in [0.4, 0.5) is 5.13 Å². The highest BCUT2D eigenvalue weighted by atomic mass is 79.9. The van der Waals surface area contributed by atoms with Crippen molar-refractivity contribution in [2.75, 3.05) is 18.0 Å². The van der Waals surface area contributed by atoms with Gasteiger partial charge in [-0.3, -0.25) is 0 Å². The molecule has 1 aliphatic rings. The average Bonchev–Trinajstić information content (AvgIpc) is 3.20. The molecular formula is C20H17BrCl2N2O2S2. The highest BCUT2D eigenvalue weighted by Gasteiger charge is 2.32. The minimum Gasteiger partial charge on any atom is -0.348 e. The molecule has 0 N–H and O–H groups in total. The second-order valence-corrected chi connectivity index (χ2v) is 11.6. The maximum Gasteiger partial charge on any atom is 0.185 e. The fourth-order valence-corrected chi connectivity index (χ4v) is 6.90. The number of sulfone groups is 1. The minimum atomic E-state index is -3.34. The summed E-state index contributed by atoms with van der Waals surface area (Å²) in [5.74, 6) is 0. The summed E-state index contributed by atoms with van der Waals surface area (Å²) in [6.07, 6.45) is 1.16. The van der Waals surface area contributed by atoms with Crippen molar-refractivity contribution in [3.8, 4) is 11.3 Å². The van der Waals surface area contributed by atoms with Crippen LogP contribution in [0.2, 0.25) is 10.0 Å². The Hall–Kier alpha value is -1.12. The Labute approximate surface area is 192 Å². The molecule has 0 amide bonds. The van der Waals surface area contributed by atoms with Crippen molar-refractivity contribution in [3.63, 3.8) is 0 Å². The standard InChI is InChI=1S/C20H17BrCl2N2O2S2/c21-14-2-1-3-16(11-14)29(26,27)15-6-8-25(9-7-15)20-24-19(12-28-20)13-4-5-17(22)18(23)10-13/h1-5,10-12,15H,6-9H2. The number of hydrogen-bond donors (Lipinski definition) is 0. The summed E-state index contributed by atoms with van der Waals surface area (Å²) in [5, 5.41) is 3.52. The highest BCUT2D eigenvalue weighted by molar-refractivity contribution is 9.10. The van der Waals surface area contributed by atoms with Gasteiger partial charge in [-0.15, -0.1) is 11.3 Å². The fourth-order valence-electron chi connectivity index (χ4n) is 3.39. The largest absolute Gasteiger partial charge is 0.348 e. The number of hydrogen-bond acceptors (Lipinski definition) is 5. The summed E-state index contributed by atoms with van der Waals surface area (Å²) in [6, 6.07) is 12.4. The number of aromatic nitrogens is 1. The lowest BCUT2D eigenvalue weighted by molar-refractivity contribution is 0.529. The van der Waals surface area contributed by atoms with Crippen LogP contribution in [0.1, 0.15) is 12.8 Å². The zero-order chi connectivity index (χ0) is 20.6. The SMILES string of the molecule is O=S(=O)(c1cccc(Br)c1)C1CCN(c2nc(-c3ccc(Cl)c(Cl)c3)cs2)CC1. The lowest BCUT2D eigenvalue weighted by atomic mass is 10.1. The van der Waals surface area contributed by atoms with E-state index < -0.39 is 9.84 Å². The maximum absolute atomic E-state index is 13.0. The number of piperidine rings is 1. The van der Waals surface area contributed by atoms with Gasteiger partial charge in [0.1, 0.15) is 0 Å². The molecule has 1 aliphatic heterocycles. The summed E-state index contributed by atoms with van der Waals surface area (Å²) in [4.78, 5) is 7.25. The molecule has 0 radical (unpaired) electrons. The number of benzene rings is 2. The number of thiazole rings is 1. The van der Waals surface area contributed by atoms with Gasteiger partial charge in [0, 0.05) is 28.5 Å². The van der Waals surface area contributed by atoms with Gasteiger partial charge in [-0.05, 0) is 43.2 Å². The maximum atomic E-state index is 13.0. The van der Waals surface area contributed by atoms with E-state index >= 15 is 0 Å². The lowest BCUT2D eigenvalue weighted by Gasteiger charge is -2.31. The molecular weight excluding hydrogens is 515 g/mol. The summed E-state index contributed by atoms with van der Waals surface area (Å²) in [7, 11) is -3.34. The van der Waals surface area contributed by atoms with Crippen molar-refractivity contribution in [3.05, 3.63) is 62.4 Å². The lowest BCUT2D eigenvalue weighted by Crippen LogP contribution is -2.39. The van der Waals surface area contributed by atoms with Gasteiger partial charge >= 0.3 is 0 Å². The number of anilines is 1. The van der Waals surface area contributed by atoms with Crippen LogP contribution in [-0.4, -0.2) is 31.7 Å². The first kappa shape index (κ1) is 21.1. The fraction of sp³-hybridized carbons (Fsp3) is 0.250. The van der Waals surface area contributed by atoms with Gasteiger partial charge in [0.15, 0.2) is 15.0 Å². The van der Waals surface area contributed by atoms with Crippen LogP contribution in [0.15, 0.2) is 57.2 Å². The summed E-state index contributed by atoms with van der Waals surface area (Å²) in [5.41, 5.74) is 1.75. The van der Waals surface area contributed by atoms with Crippen molar-refractivity contribution in [2.45, 2.75) is 23.0 Å². The molecule has 0 saturated carbocycles. The first-order valence-electron chi connectivity index (χ1n) is 9.00. The van der Waals surface area contributed by atoms with Gasteiger partial charge in [0.2, 0.25) is 0 Å². The molecule has 152 valence electrons. The van der Waals surface area contributed by atoms with Gasteiger partial charge in [-0.1, -0.05) is 51.3 Å². The van der Waals surface area contributed by atoms with E-state index in [1.807, 2.05) is 17.5 Å². The molecule has 0 unspecified atom stereocenters. The van der Waals surface area contributed by atoms with E-state index in [1.165, 1.54) is 0 Å². The van der Waals surface area contributed by atoms with Gasteiger partial charge in [0.25, 0.3) is 0 Å². The number of rotatable bonds is 4. The van der Waals surface area contributed by atoms with E-state index in [2.05, 4.69) is 20.8 Å². The molecule has 3 aromatic rings. The smallest absolute Gasteiger partial charge is 0.185 e. The monoisotopic (exact) mass is 530 g/mol. The summed E-state index contributed by atoms with van der Waals surface area (Å²) in [6.45, 7) is 1.32. The Morgan fingerprint density at radius 1 is 1.07 bits per heavy atom. The minimum absolute atomic E-state index is 0.373. The molecule has 1 saturated heterocycles. The molecule has 2 heterocycles. The van der Waals surface area contributed by atoms with Crippen LogP contribution in [0.3, 0.4) is 0 Å². The number of halogens is 3. The highest BCUT2D eigenvalue weighted by Crippen LogP contribution is 2.34. The van der Waals surface area contributed by atoms with Crippen LogP contribution in [-0.2, 0) is 9.84 Å². The van der Waals surface area contributed by atoms with E-state index in [4.69, 9.17) is 28.2 Å². The van der Waals surface area contributed by atoms with Crippen molar-refractivity contribution in [2.24, 2.45) is 0 Å². The van der Waals surface area contributed by atoms with Gasteiger partial charge in [-0.25, -0.2) is 13.4 Å². The zero-order valence-corrected chi connectivity index (χ0v) is 19.9. The van der Waals surface area contributed by atoms with Crippen LogP contribution >= 0.6 is 50.5 Å². The van der Waals surface area contributed by atoms with E-state index in [9.17, 15) is 8.42 Å². The van der Waals surface area contributed by atoms with Gasteiger partial charge < -0.3 is 4.90 Å². The Bertz CT molecular complexity index is 1140. The molecule has 9 heteroatoms. The predicted octanol–water partition coefficient (Wildman–Crippen LogP) is 6.32. The zero-order valence-electron chi connectivity index (χ0n) is 15.2. The summed E-state index contributed by atoms with van der Waals surface area (Å²) < 4.78 is 26.7. The van der Waals surface area contributed by atoms with Crippen LogP contribution in [0, 0.1) is 0 Å². The Kier molecular flexibility index (Phi) is 6.23. The topological polar surface area (TPSA) is 50.3 Å². The molecule has 4 nitrogen and oxygen atoms in total. The summed E-state index contributed by atoms with van der Waals surface area (Å²) >= 11 is 17.0. The van der Waals surface area contributed by atoms with Gasteiger partial charge in [-0.2, -0.15) is 0 Å². The second-order valence-electron chi connectivity index (χ2n) is 6.83. The molecule has 29 heavy (non-hydrogen) atoms. The molecule has 0 aliphatic carbocycles. The quantitative estimate of drug-likeness (QED) is 0.395. The van der Waals surface area contributed by atoms with Crippen LogP contribution < -0.4 is 4.90 Å². The first-order chi connectivity index (χ1) is 13.8. The van der Waals surface area contributed by atoms with E-state index in [0.29, 0.717) is 40.9 Å². The van der Waals surface area contributed by atoms with Crippen molar-refractivity contribution < 1.29 is 8.42 Å². The third-order valence-corrected chi connectivity index (χ3v) is 9.38. The van der Waals surface area contributed by atoms with Crippen LogP contribution in [0.25, 0.3) is 11.3 Å². The van der Waals surface area contributed by atoms with Crippen molar-refractivity contribution in [1.29, 1.82) is 0 Å². The molecule has 4 rings (SSSR count). The van der Waals surface area contributed by atoms with E-state index in [0.717, 1.165) is 20.9 Å². The molecule has 1 aromatic heterocycles. The Morgan fingerprint density at radius 2 is 1.83 bits per heavy atom. The molecule has 0 bridgehead atoms. The van der Waals surface area contributed by atoms with Gasteiger partial charge in [0.05, 0.1) is 25.9 Å². The first-order valence-corrected chi connectivity index (χ1v) is 13.0. The molecule has 0 atom stereocenters. The Balaban J connectivity index is 1.46. The molecule has 0 spiro atoms. The average molecular weight is 532 g/mol. The third-order valence-electron chi connectivity index (χ3n) is 4.98. The molecule has 1 fully saturated rings. The molecule has 2 aromatic carbocycles. The third kappa shape index (κ3) is 4.49. The van der Waals surface area contributed by atoms with Crippen molar-refractivity contribution in [1.82, 2.24) is 4.98 Å². The normalized spacial score (nSPS) is 15.6. The van der Waals surface area contributed by atoms with Crippen LogP contribution in [0.5, 0.6) is 0 Å². The van der Waals surface area contributed by atoms with E-state index in [1.54, 1.807) is 41.7 Å². The predicted molar refractivity (Wildman–Crippen MR) is 124 cm³/mol.